The first kappa shape index (κ1) is 16.2. The van der Waals surface area contributed by atoms with Gasteiger partial charge in [0.1, 0.15) is 24.0 Å². The fourth-order valence-corrected chi connectivity index (χ4v) is 3.48. The van der Waals surface area contributed by atoms with Crippen LogP contribution in [0.5, 0.6) is 0 Å². The van der Waals surface area contributed by atoms with E-state index < -0.39 is 5.82 Å². The molecule has 2 aromatic rings. The molecule has 0 bridgehead atoms. The quantitative estimate of drug-likeness (QED) is 0.792. The highest BCUT2D eigenvalue weighted by atomic mass is 19.1. The molecule has 2 atom stereocenters. The van der Waals surface area contributed by atoms with Gasteiger partial charge in [-0.15, -0.1) is 0 Å². The van der Waals surface area contributed by atoms with Gasteiger partial charge >= 0.3 is 0 Å². The van der Waals surface area contributed by atoms with Crippen LogP contribution in [0.15, 0.2) is 36.5 Å². The van der Waals surface area contributed by atoms with Gasteiger partial charge in [0.05, 0.1) is 23.2 Å². The molecule has 4 rings (SSSR count). The molecule has 1 aliphatic heterocycles. The number of nitriles is 1. The van der Waals surface area contributed by atoms with E-state index in [0.717, 1.165) is 18.3 Å². The Kier molecular flexibility index (Phi) is 3.88. The molecular weight excluding hydrogens is 335 g/mol. The van der Waals surface area contributed by atoms with E-state index in [9.17, 15) is 14.0 Å². The van der Waals surface area contributed by atoms with Gasteiger partial charge in [-0.25, -0.2) is 9.37 Å². The first-order valence-electron chi connectivity index (χ1n) is 8.31. The third kappa shape index (κ3) is 2.69. The lowest BCUT2D eigenvalue weighted by Crippen LogP contribution is -2.49. The number of hydrogen-bond acceptors (Lipinski definition) is 5. The van der Waals surface area contributed by atoms with Gasteiger partial charge in [0, 0.05) is 24.8 Å². The van der Waals surface area contributed by atoms with Crippen LogP contribution in [0.2, 0.25) is 0 Å². The zero-order chi connectivity index (χ0) is 18.3. The zero-order valence-corrected chi connectivity index (χ0v) is 13.8. The van der Waals surface area contributed by atoms with E-state index >= 15 is 0 Å². The highest BCUT2D eigenvalue weighted by Gasteiger charge is 2.51. The van der Waals surface area contributed by atoms with Gasteiger partial charge < -0.3 is 9.80 Å². The Morgan fingerprint density at radius 2 is 2.12 bits per heavy atom. The second kappa shape index (κ2) is 6.23. The average Bonchev–Trinajstić information content (AvgIpc) is 3.48. The summed E-state index contributed by atoms with van der Waals surface area (Å²) in [7, 11) is 0. The van der Waals surface area contributed by atoms with Crippen molar-refractivity contribution in [3.05, 3.63) is 59.0 Å². The molecule has 2 heterocycles. The lowest BCUT2D eigenvalue weighted by molar-refractivity contribution is 0.0724. The lowest BCUT2D eigenvalue weighted by atomic mass is 10.1. The number of halogens is 1. The van der Waals surface area contributed by atoms with E-state index in [2.05, 4.69) is 9.88 Å². The maximum absolute atomic E-state index is 14.1. The molecule has 2 fully saturated rings. The van der Waals surface area contributed by atoms with Crippen molar-refractivity contribution >= 4 is 18.0 Å². The highest BCUT2D eigenvalue weighted by Crippen LogP contribution is 2.39. The van der Waals surface area contributed by atoms with E-state index in [-0.39, 0.29) is 29.1 Å². The Morgan fingerprint density at radius 1 is 1.27 bits per heavy atom. The summed E-state index contributed by atoms with van der Waals surface area (Å²) in [5, 5.41) is 8.86. The number of pyridine rings is 1. The van der Waals surface area contributed by atoms with Crippen molar-refractivity contribution in [3.63, 3.8) is 0 Å². The first-order chi connectivity index (χ1) is 12.6. The van der Waals surface area contributed by atoms with E-state index in [1.807, 2.05) is 6.07 Å². The standard InChI is InChI=1S/C19H15FN4O2/c20-15-3-1-12(11-25)7-14(15)19(26)24-6-5-23(16-8-17(16)24)18-4-2-13(9-21)10-22-18/h1-4,7,10-11,16-17H,5-6,8H2/t16-,17+/m0/s1. The SMILES string of the molecule is N#Cc1ccc(N2CCN(C(=O)c3cc(C=O)ccc3F)[C@@H]3C[C@@H]32)nc1. The number of hydrogen-bond donors (Lipinski definition) is 0. The van der Waals surface area contributed by atoms with Crippen LogP contribution < -0.4 is 4.90 Å². The molecule has 0 N–H and O–H groups in total. The number of carbonyl (C=O) groups is 2. The van der Waals surface area contributed by atoms with Crippen LogP contribution in [0, 0.1) is 17.1 Å². The van der Waals surface area contributed by atoms with E-state index in [0.29, 0.717) is 24.9 Å². The summed E-state index contributed by atoms with van der Waals surface area (Å²) in [6, 6.07) is 9.52. The van der Waals surface area contributed by atoms with Crippen LogP contribution in [0.1, 0.15) is 32.7 Å². The molecule has 0 unspecified atom stereocenters. The Labute approximate surface area is 149 Å². The fourth-order valence-electron chi connectivity index (χ4n) is 3.48. The van der Waals surface area contributed by atoms with Gasteiger partial charge in [-0.2, -0.15) is 5.26 Å². The zero-order valence-electron chi connectivity index (χ0n) is 13.8. The van der Waals surface area contributed by atoms with Crippen LogP contribution in [0.3, 0.4) is 0 Å². The molecule has 0 radical (unpaired) electrons. The van der Waals surface area contributed by atoms with E-state index in [1.54, 1.807) is 17.0 Å². The second-order valence-electron chi connectivity index (χ2n) is 6.44. The smallest absolute Gasteiger partial charge is 0.257 e. The summed E-state index contributed by atoms with van der Waals surface area (Å²) in [4.78, 5) is 31.8. The Bertz CT molecular complexity index is 922. The molecule has 6 nitrogen and oxygen atoms in total. The van der Waals surface area contributed by atoms with Crippen molar-refractivity contribution in [1.82, 2.24) is 9.88 Å². The number of fused-ring (bicyclic) bond motifs is 1. The molecule has 1 saturated heterocycles. The average molecular weight is 350 g/mol. The number of benzene rings is 1. The third-order valence-electron chi connectivity index (χ3n) is 4.90. The number of nitrogens with zero attached hydrogens (tertiary/aromatic N) is 4. The van der Waals surface area contributed by atoms with Gasteiger partial charge in [-0.1, -0.05) is 0 Å². The van der Waals surface area contributed by atoms with E-state index in [4.69, 9.17) is 5.26 Å². The Balaban J connectivity index is 1.52. The fraction of sp³-hybridized carbons (Fsp3) is 0.263. The van der Waals surface area contributed by atoms with Crippen molar-refractivity contribution in [2.75, 3.05) is 18.0 Å². The van der Waals surface area contributed by atoms with Crippen LogP contribution in [0.25, 0.3) is 0 Å². The molecule has 1 aromatic heterocycles. The monoisotopic (exact) mass is 350 g/mol. The molecule has 1 aliphatic carbocycles. The minimum Gasteiger partial charge on any atom is -0.350 e. The topological polar surface area (TPSA) is 77.3 Å². The number of amides is 1. The van der Waals surface area contributed by atoms with Crippen molar-refractivity contribution < 1.29 is 14.0 Å². The summed E-state index contributed by atoms with van der Waals surface area (Å²) >= 11 is 0. The predicted octanol–water partition coefficient (Wildman–Crippen LogP) is 2.01. The molecule has 0 spiro atoms. The van der Waals surface area contributed by atoms with Crippen molar-refractivity contribution in [3.8, 4) is 6.07 Å². The number of aldehydes is 1. The Morgan fingerprint density at radius 3 is 2.81 bits per heavy atom. The minimum absolute atomic E-state index is 0.00739. The highest BCUT2D eigenvalue weighted by molar-refractivity contribution is 5.96. The number of aromatic nitrogens is 1. The summed E-state index contributed by atoms with van der Waals surface area (Å²) < 4.78 is 14.1. The maximum atomic E-state index is 14.1. The van der Waals surface area contributed by atoms with Gasteiger partial charge in [-0.3, -0.25) is 9.59 Å². The molecular formula is C19H15FN4O2. The summed E-state index contributed by atoms with van der Waals surface area (Å²) in [5.41, 5.74) is 0.716. The van der Waals surface area contributed by atoms with Gasteiger partial charge in [0.25, 0.3) is 5.91 Å². The van der Waals surface area contributed by atoms with Gasteiger partial charge in [0.2, 0.25) is 0 Å². The van der Waals surface area contributed by atoms with E-state index in [1.165, 1.54) is 18.3 Å². The van der Waals surface area contributed by atoms with Crippen LogP contribution in [-0.4, -0.2) is 47.3 Å². The number of carbonyl (C=O) groups excluding carboxylic acids is 2. The molecule has 1 aromatic carbocycles. The Hall–Kier alpha value is -3.27. The molecule has 1 amide bonds. The van der Waals surface area contributed by atoms with Crippen molar-refractivity contribution in [2.45, 2.75) is 18.5 Å². The summed E-state index contributed by atoms with van der Waals surface area (Å²) in [6.45, 7) is 1.03. The summed E-state index contributed by atoms with van der Waals surface area (Å²) in [6.07, 6.45) is 2.93. The largest absolute Gasteiger partial charge is 0.350 e. The van der Waals surface area contributed by atoms with Crippen molar-refractivity contribution in [1.29, 1.82) is 5.26 Å². The first-order valence-corrected chi connectivity index (χ1v) is 8.31. The normalized spacial score (nSPS) is 20.9. The predicted molar refractivity (Wildman–Crippen MR) is 91.3 cm³/mol. The van der Waals surface area contributed by atoms with Gasteiger partial charge in [0.15, 0.2) is 0 Å². The lowest BCUT2D eigenvalue weighted by Gasteiger charge is -2.35. The second-order valence-corrected chi connectivity index (χ2v) is 6.44. The van der Waals surface area contributed by atoms with Crippen LogP contribution in [0.4, 0.5) is 10.2 Å². The minimum atomic E-state index is -0.617. The number of rotatable bonds is 3. The summed E-state index contributed by atoms with van der Waals surface area (Å²) in [5.74, 6) is -0.224. The molecule has 26 heavy (non-hydrogen) atoms. The molecule has 130 valence electrons. The molecule has 7 heteroatoms. The molecule has 1 saturated carbocycles. The molecule has 2 aliphatic rings. The maximum Gasteiger partial charge on any atom is 0.257 e. The number of piperazine rings is 1. The number of anilines is 1. The van der Waals surface area contributed by atoms with Gasteiger partial charge in [-0.05, 0) is 36.8 Å². The van der Waals surface area contributed by atoms with Crippen molar-refractivity contribution in [2.24, 2.45) is 0 Å². The van der Waals surface area contributed by atoms with Crippen LogP contribution in [-0.2, 0) is 0 Å². The third-order valence-corrected chi connectivity index (χ3v) is 4.90. The van der Waals surface area contributed by atoms with Crippen LogP contribution >= 0.6 is 0 Å².